The molecule has 2 heterocycles. The van der Waals surface area contributed by atoms with Crippen LogP contribution in [-0.2, 0) is 22.6 Å². The fourth-order valence-corrected chi connectivity index (χ4v) is 3.26. The molecule has 1 amide bonds. The lowest BCUT2D eigenvalue weighted by Crippen LogP contribution is -2.42. The molecule has 1 fully saturated rings. The van der Waals surface area contributed by atoms with E-state index in [4.69, 9.17) is 14.4 Å². The van der Waals surface area contributed by atoms with Crippen LogP contribution in [-0.4, -0.2) is 40.1 Å². The van der Waals surface area contributed by atoms with Gasteiger partial charge >= 0.3 is 5.97 Å². The van der Waals surface area contributed by atoms with Crippen LogP contribution in [0.25, 0.3) is 0 Å². The van der Waals surface area contributed by atoms with Crippen molar-refractivity contribution >= 4 is 11.9 Å². The Hall–Kier alpha value is -2.83. The Morgan fingerprint density at radius 1 is 1.30 bits per heavy atom. The molecule has 0 aliphatic carbocycles. The molecule has 0 bridgehead atoms. The molecule has 144 valence electrons. The zero-order valence-corrected chi connectivity index (χ0v) is 15.6. The highest BCUT2D eigenvalue weighted by Gasteiger charge is 2.27. The molecule has 1 aromatic heterocycles. The van der Waals surface area contributed by atoms with Gasteiger partial charge in [-0.2, -0.15) is 0 Å². The van der Waals surface area contributed by atoms with Crippen molar-refractivity contribution in [2.24, 2.45) is 5.92 Å². The van der Waals surface area contributed by atoms with E-state index in [9.17, 15) is 9.59 Å². The van der Waals surface area contributed by atoms with Crippen LogP contribution >= 0.6 is 0 Å². The van der Waals surface area contributed by atoms with E-state index in [-0.39, 0.29) is 12.3 Å². The standard InChI is InChI=1S/C20H24N2O5/c1-13-18(14(2)27-21-13)12-26-17-7-5-15(6-8-17)10-19(23)22-9-3-4-16(11-22)20(24)25/h5-8,16H,3-4,9-12H2,1-2H3,(H,24,25)/t16-/m1/s1. The van der Waals surface area contributed by atoms with Crippen LogP contribution in [0.2, 0.25) is 0 Å². The van der Waals surface area contributed by atoms with Crippen LogP contribution in [0.4, 0.5) is 0 Å². The molecule has 2 aromatic rings. The first-order valence-electron chi connectivity index (χ1n) is 9.08. The summed E-state index contributed by atoms with van der Waals surface area (Å²) in [5.74, 6) is 0.131. The molecule has 7 heteroatoms. The second kappa shape index (κ2) is 8.24. The summed E-state index contributed by atoms with van der Waals surface area (Å²) in [4.78, 5) is 25.3. The summed E-state index contributed by atoms with van der Waals surface area (Å²) < 4.78 is 10.9. The zero-order chi connectivity index (χ0) is 19.4. The number of likely N-dealkylation sites (tertiary alicyclic amines) is 1. The summed E-state index contributed by atoms with van der Waals surface area (Å²) in [7, 11) is 0. The second-order valence-electron chi connectivity index (χ2n) is 6.93. The third-order valence-corrected chi connectivity index (χ3v) is 4.97. The van der Waals surface area contributed by atoms with E-state index in [1.165, 1.54) is 0 Å². The lowest BCUT2D eigenvalue weighted by atomic mass is 9.97. The average molecular weight is 372 g/mol. The minimum absolute atomic E-state index is 0.0367. The predicted octanol–water partition coefficient (Wildman–Crippen LogP) is 2.74. The van der Waals surface area contributed by atoms with Crippen LogP contribution in [0.5, 0.6) is 5.75 Å². The third-order valence-electron chi connectivity index (χ3n) is 4.97. The van der Waals surface area contributed by atoms with Gasteiger partial charge in [0.1, 0.15) is 18.1 Å². The number of ether oxygens (including phenoxy) is 1. The summed E-state index contributed by atoms with van der Waals surface area (Å²) in [6.45, 7) is 5.03. The number of hydrogen-bond donors (Lipinski definition) is 1. The fourth-order valence-electron chi connectivity index (χ4n) is 3.26. The molecule has 3 rings (SSSR count). The van der Waals surface area contributed by atoms with Crippen molar-refractivity contribution in [1.29, 1.82) is 0 Å². The van der Waals surface area contributed by atoms with Gasteiger partial charge in [0.05, 0.1) is 23.6 Å². The lowest BCUT2D eigenvalue weighted by Gasteiger charge is -2.30. The van der Waals surface area contributed by atoms with Gasteiger partial charge in [0.2, 0.25) is 5.91 Å². The number of carbonyl (C=O) groups excluding carboxylic acids is 1. The molecule has 1 aromatic carbocycles. The Bertz CT molecular complexity index is 793. The minimum atomic E-state index is -0.827. The van der Waals surface area contributed by atoms with Crippen molar-refractivity contribution in [3.8, 4) is 5.75 Å². The third kappa shape index (κ3) is 4.67. The molecule has 0 radical (unpaired) electrons. The first kappa shape index (κ1) is 18.9. The van der Waals surface area contributed by atoms with E-state index in [2.05, 4.69) is 5.16 Å². The number of benzene rings is 1. The molecule has 0 saturated carbocycles. The van der Waals surface area contributed by atoms with Gasteiger partial charge < -0.3 is 19.3 Å². The second-order valence-corrected chi connectivity index (χ2v) is 6.93. The first-order valence-corrected chi connectivity index (χ1v) is 9.08. The maximum Gasteiger partial charge on any atom is 0.308 e. The first-order chi connectivity index (χ1) is 12.9. The topological polar surface area (TPSA) is 92.9 Å². The number of hydrogen-bond acceptors (Lipinski definition) is 5. The van der Waals surface area contributed by atoms with Crippen LogP contribution in [0.15, 0.2) is 28.8 Å². The number of carboxylic acid groups (broad SMARTS) is 1. The van der Waals surface area contributed by atoms with Crippen molar-refractivity contribution in [3.63, 3.8) is 0 Å². The molecule has 1 aliphatic heterocycles. The monoisotopic (exact) mass is 372 g/mol. The Kier molecular flexibility index (Phi) is 5.78. The van der Waals surface area contributed by atoms with Crippen LogP contribution in [0.1, 0.15) is 35.4 Å². The summed E-state index contributed by atoms with van der Waals surface area (Å²) in [5.41, 5.74) is 2.63. The fraction of sp³-hybridized carbons (Fsp3) is 0.450. The highest BCUT2D eigenvalue weighted by Crippen LogP contribution is 2.20. The molecule has 1 atom stereocenters. The van der Waals surface area contributed by atoms with Crippen molar-refractivity contribution < 1.29 is 24.0 Å². The predicted molar refractivity (Wildman–Crippen MR) is 97.4 cm³/mol. The van der Waals surface area contributed by atoms with Gasteiger partial charge in [-0.15, -0.1) is 0 Å². The molecule has 1 N–H and O–H groups in total. The van der Waals surface area contributed by atoms with Crippen molar-refractivity contribution in [2.75, 3.05) is 13.1 Å². The van der Waals surface area contributed by atoms with Crippen LogP contribution in [0, 0.1) is 19.8 Å². The number of carboxylic acids is 1. The Morgan fingerprint density at radius 3 is 2.67 bits per heavy atom. The van der Waals surface area contributed by atoms with Crippen molar-refractivity contribution in [2.45, 2.75) is 39.7 Å². The quantitative estimate of drug-likeness (QED) is 0.838. The number of rotatable bonds is 6. The normalized spacial score (nSPS) is 17.0. The van der Waals surface area contributed by atoms with Gasteiger partial charge in [-0.3, -0.25) is 9.59 Å². The Balaban J connectivity index is 1.54. The van der Waals surface area contributed by atoms with Crippen LogP contribution in [0.3, 0.4) is 0 Å². The van der Waals surface area contributed by atoms with Gasteiger partial charge in [0.15, 0.2) is 0 Å². The molecule has 1 aliphatic rings. The number of nitrogens with zero attached hydrogens (tertiary/aromatic N) is 2. The van der Waals surface area contributed by atoms with E-state index in [0.717, 1.165) is 29.0 Å². The highest BCUT2D eigenvalue weighted by molar-refractivity contribution is 5.80. The highest BCUT2D eigenvalue weighted by atomic mass is 16.5. The molecular weight excluding hydrogens is 348 g/mol. The average Bonchev–Trinajstić information content (AvgIpc) is 2.99. The maximum absolute atomic E-state index is 12.5. The largest absolute Gasteiger partial charge is 0.489 e. The maximum atomic E-state index is 12.5. The van der Waals surface area contributed by atoms with E-state index in [1.807, 2.05) is 38.1 Å². The van der Waals surface area contributed by atoms with E-state index < -0.39 is 11.9 Å². The lowest BCUT2D eigenvalue weighted by molar-refractivity contribution is -0.145. The summed E-state index contributed by atoms with van der Waals surface area (Å²) in [5, 5.41) is 13.1. The van der Waals surface area contributed by atoms with E-state index in [1.54, 1.807) is 4.90 Å². The summed E-state index contributed by atoms with van der Waals surface area (Å²) >= 11 is 0. The molecule has 0 unspecified atom stereocenters. The summed E-state index contributed by atoms with van der Waals surface area (Å²) in [6.07, 6.45) is 1.63. The summed E-state index contributed by atoms with van der Waals surface area (Å²) in [6, 6.07) is 7.38. The molecule has 27 heavy (non-hydrogen) atoms. The van der Waals surface area contributed by atoms with Crippen molar-refractivity contribution in [1.82, 2.24) is 10.1 Å². The Morgan fingerprint density at radius 2 is 2.04 bits per heavy atom. The zero-order valence-electron chi connectivity index (χ0n) is 15.6. The van der Waals surface area contributed by atoms with Crippen LogP contribution < -0.4 is 4.74 Å². The number of carbonyl (C=O) groups is 2. The SMILES string of the molecule is Cc1noc(C)c1COc1ccc(CC(=O)N2CCC[C@@H](C(=O)O)C2)cc1. The number of amides is 1. The smallest absolute Gasteiger partial charge is 0.308 e. The number of aromatic nitrogens is 1. The molecule has 7 nitrogen and oxygen atoms in total. The minimum Gasteiger partial charge on any atom is -0.489 e. The Labute approximate surface area is 157 Å². The van der Waals surface area contributed by atoms with Gasteiger partial charge in [-0.1, -0.05) is 17.3 Å². The van der Waals surface area contributed by atoms with Gasteiger partial charge in [-0.05, 0) is 44.4 Å². The molecule has 1 saturated heterocycles. The number of aliphatic carboxylic acids is 1. The van der Waals surface area contributed by atoms with E-state index >= 15 is 0 Å². The van der Waals surface area contributed by atoms with Gasteiger partial charge in [-0.25, -0.2) is 0 Å². The number of aryl methyl sites for hydroxylation is 2. The van der Waals surface area contributed by atoms with Gasteiger partial charge in [0.25, 0.3) is 0 Å². The van der Waals surface area contributed by atoms with Gasteiger partial charge in [0, 0.05) is 13.1 Å². The van der Waals surface area contributed by atoms with Crippen molar-refractivity contribution in [3.05, 3.63) is 46.8 Å². The molecular formula is C20H24N2O5. The van der Waals surface area contributed by atoms with E-state index in [0.29, 0.717) is 31.9 Å². The molecule has 0 spiro atoms. The number of piperidine rings is 1.